The summed E-state index contributed by atoms with van der Waals surface area (Å²) >= 11 is 12.0. The third kappa shape index (κ3) is 4.50. The summed E-state index contributed by atoms with van der Waals surface area (Å²) < 4.78 is 0. The maximum Gasteiger partial charge on any atom is 0.242 e. The minimum Gasteiger partial charge on any atom is -0.332 e. The van der Waals surface area contributed by atoms with E-state index in [-0.39, 0.29) is 24.9 Å². The molecular formula is C18H17Cl2N3O2. The van der Waals surface area contributed by atoms with Crippen molar-refractivity contribution in [1.82, 2.24) is 14.8 Å². The SMILES string of the molecule is O=C1CN(Cc2ccncc2)C(=O)CN1CCc1ccc(Cl)cc1Cl. The number of aromatic nitrogens is 1. The second kappa shape index (κ2) is 7.85. The number of rotatable bonds is 5. The van der Waals surface area contributed by atoms with Crippen LogP contribution < -0.4 is 0 Å². The van der Waals surface area contributed by atoms with Gasteiger partial charge < -0.3 is 9.80 Å². The molecule has 130 valence electrons. The average Bonchev–Trinajstić information content (AvgIpc) is 2.59. The highest BCUT2D eigenvalue weighted by Crippen LogP contribution is 2.22. The summed E-state index contributed by atoms with van der Waals surface area (Å²) in [4.78, 5) is 31.8. The van der Waals surface area contributed by atoms with Crippen molar-refractivity contribution in [3.05, 3.63) is 63.9 Å². The van der Waals surface area contributed by atoms with Gasteiger partial charge in [0, 0.05) is 35.5 Å². The van der Waals surface area contributed by atoms with E-state index in [4.69, 9.17) is 23.2 Å². The summed E-state index contributed by atoms with van der Waals surface area (Å²) in [6, 6.07) is 8.97. The molecule has 0 aliphatic carbocycles. The van der Waals surface area contributed by atoms with E-state index in [9.17, 15) is 9.59 Å². The number of piperazine rings is 1. The maximum absolute atomic E-state index is 12.4. The first-order valence-corrected chi connectivity index (χ1v) is 8.67. The Kier molecular flexibility index (Phi) is 5.56. The smallest absolute Gasteiger partial charge is 0.242 e. The Morgan fingerprint density at radius 3 is 2.36 bits per heavy atom. The number of hydrogen-bond acceptors (Lipinski definition) is 3. The van der Waals surface area contributed by atoms with E-state index >= 15 is 0 Å². The Morgan fingerprint density at radius 2 is 1.64 bits per heavy atom. The predicted molar refractivity (Wildman–Crippen MR) is 96.4 cm³/mol. The van der Waals surface area contributed by atoms with Crippen LogP contribution in [0.2, 0.25) is 10.0 Å². The van der Waals surface area contributed by atoms with Crippen LogP contribution in [0.1, 0.15) is 11.1 Å². The third-order valence-electron chi connectivity index (χ3n) is 4.15. The zero-order valence-electron chi connectivity index (χ0n) is 13.5. The summed E-state index contributed by atoms with van der Waals surface area (Å²) in [6.07, 6.45) is 3.93. The van der Waals surface area contributed by atoms with Crippen molar-refractivity contribution in [2.45, 2.75) is 13.0 Å². The fourth-order valence-corrected chi connectivity index (χ4v) is 3.24. The first-order chi connectivity index (χ1) is 12.0. The number of halogens is 2. The van der Waals surface area contributed by atoms with Crippen LogP contribution in [0, 0.1) is 0 Å². The van der Waals surface area contributed by atoms with Crippen LogP contribution >= 0.6 is 23.2 Å². The molecule has 0 saturated carbocycles. The molecule has 1 fully saturated rings. The lowest BCUT2D eigenvalue weighted by Gasteiger charge is -2.34. The lowest BCUT2D eigenvalue weighted by molar-refractivity contribution is -0.150. The van der Waals surface area contributed by atoms with Crippen LogP contribution in [-0.4, -0.2) is 46.2 Å². The quantitative estimate of drug-likeness (QED) is 0.804. The molecule has 1 aromatic heterocycles. The van der Waals surface area contributed by atoms with Crippen molar-refractivity contribution in [3.63, 3.8) is 0 Å². The first-order valence-electron chi connectivity index (χ1n) is 7.91. The van der Waals surface area contributed by atoms with Crippen molar-refractivity contribution in [2.75, 3.05) is 19.6 Å². The van der Waals surface area contributed by atoms with Crippen molar-refractivity contribution in [3.8, 4) is 0 Å². The highest BCUT2D eigenvalue weighted by atomic mass is 35.5. The van der Waals surface area contributed by atoms with Crippen LogP contribution in [0.4, 0.5) is 0 Å². The first kappa shape index (κ1) is 17.7. The number of hydrogen-bond donors (Lipinski definition) is 0. The minimum absolute atomic E-state index is 0.0567. The Morgan fingerprint density at radius 1 is 0.960 bits per heavy atom. The lowest BCUT2D eigenvalue weighted by Crippen LogP contribution is -2.53. The molecule has 1 aromatic carbocycles. The van der Waals surface area contributed by atoms with E-state index in [0.29, 0.717) is 29.6 Å². The van der Waals surface area contributed by atoms with Crippen LogP contribution in [0.3, 0.4) is 0 Å². The van der Waals surface area contributed by atoms with Crippen molar-refractivity contribution >= 4 is 35.0 Å². The second-order valence-corrected chi connectivity index (χ2v) is 6.75. The van der Waals surface area contributed by atoms with E-state index < -0.39 is 0 Å². The molecule has 0 N–H and O–H groups in total. The van der Waals surface area contributed by atoms with Crippen LogP contribution in [0.25, 0.3) is 0 Å². The monoisotopic (exact) mass is 377 g/mol. The molecule has 5 nitrogen and oxygen atoms in total. The van der Waals surface area contributed by atoms with Crippen molar-refractivity contribution in [1.29, 1.82) is 0 Å². The van der Waals surface area contributed by atoms with E-state index in [1.807, 2.05) is 18.2 Å². The topological polar surface area (TPSA) is 53.5 Å². The van der Waals surface area contributed by atoms with Gasteiger partial charge >= 0.3 is 0 Å². The zero-order chi connectivity index (χ0) is 17.8. The van der Waals surface area contributed by atoms with E-state index in [0.717, 1.165) is 11.1 Å². The van der Waals surface area contributed by atoms with E-state index in [1.54, 1.807) is 34.3 Å². The normalized spacial score (nSPS) is 15.0. The standard InChI is InChI=1S/C18H17Cl2N3O2/c19-15-2-1-14(16(20)9-15)5-8-22-11-18(25)23(12-17(22)24)10-13-3-6-21-7-4-13/h1-4,6-7,9H,5,8,10-12H2. The molecule has 25 heavy (non-hydrogen) atoms. The molecule has 0 unspecified atom stereocenters. The highest BCUT2D eigenvalue weighted by Gasteiger charge is 2.29. The van der Waals surface area contributed by atoms with Gasteiger partial charge in [-0.15, -0.1) is 0 Å². The van der Waals surface area contributed by atoms with Crippen LogP contribution in [0.5, 0.6) is 0 Å². The van der Waals surface area contributed by atoms with Crippen LogP contribution in [0.15, 0.2) is 42.7 Å². The summed E-state index contributed by atoms with van der Waals surface area (Å²) in [5.74, 6) is -0.114. The summed E-state index contributed by atoms with van der Waals surface area (Å²) in [5.41, 5.74) is 1.86. The van der Waals surface area contributed by atoms with E-state index in [1.165, 1.54) is 0 Å². The number of pyridine rings is 1. The highest BCUT2D eigenvalue weighted by molar-refractivity contribution is 6.35. The van der Waals surface area contributed by atoms with Crippen molar-refractivity contribution in [2.24, 2.45) is 0 Å². The van der Waals surface area contributed by atoms with Crippen LogP contribution in [-0.2, 0) is 22.6 Å². The molecule has 3 rings (SSSR count). The molecule has 1 saturated heterocycles. The molecule has 0 radical (unpaired) electrons. The Bertz CT molecular complexity index is 783. The summed E-state index contributed by atoms with van der Waals surface area (Å²) in [7, 11) is 0. The fraction of sp³-hybridized carbons (Fsp3) is 0.278. The van der Waals surface area contributed by atoms with Gasteiger partial charge in [-0.05, 0) is 41.8 Å². The molecule has 0 spiro atoms. The molecule has 7 heteroatoms. The predicted octanol–water partition coefficient (Wildman–Crippen LogP) is 2.80. The summed E-state index contributed by atoms with van der Waals surface area (Å²) in [6.45, 7) is 1.06. The van der Waals surface area contributed by atoms with Gasteiger partial charge in [-0.2, -0.15) is 0 Å². The van der Waals surface area contributed by atoms with Gasteiger partial charge in [0.2, 0.25) is 11.8 Å². The second-order valence-electron chi connectivity index (χ2n) is 5.91. The fourth-order valence-electron chi connectivity index (χ4n) is 2.74. The largest absolute Gasteiger partial charge is 0.332 e. The van der Waals surface area contributed by atoms with Crippen molar-refractivity contribution < 1.29 is 9.59 Å². The van der Waals surface area contributed by atoms with Gasteiger partial charge in [0.1, 0.15) is 6.54 Å². The number of nitrogens with zero attached hydrogens (tertiary/aromatic N) is 3. The van der Waals surface area contributed by atoms with Gasteiger partial charge in [0.25, 0.3) is 0 Å². The van der Waals surface area contributed by atoms with Gasteiger partial charge in [0.05, 0.1) is 6.54 Å². The number of carbonyl (C=O) groups excluding carboxylic acids is 2. The molecule has 1 aliphatic heterocycles. The molecule has 2 amide bonds. The Hall–Kier alpha value is -2.11. The summed E-state index contributed by atoms with van der Waals surface area (Å²) in [5, 5.41) is 1.15. The third-order valence-corrected chi connectivity index (χ3v) is 4.73. The number of amides is 2. The Labute approximate surface area is 156 Å². The van der Waals surface area contributed by atoms with E-state index in [2.05, 4.69) is 4.98 Å². The average molecular weight is 378 g/mol. The number of benzene rings is 1. The zero-order valence-corrected chi connectivity index (χ0v) is 15.0. The molecule has 1 aliphatic rings. The van der Waals surface area contributed by atoms with Gasteiger partial charge in [0.15, 0.2) is 0 Å². The van der Waals surface area contributed by atoms with Gasteiger partial charge in [-0.3, -0.25) is 14.6 Å². The number of carbonyl (C=O) groups is 2. The molecule has 0 atom stereocenters. The Balaban J connectivity index is 1.58. The molecule has 2 heterocycles. The maximum atomic E-state index is 12.4. The van der Waals surface area contributed by atoms with Gasteiger partial charge in [-0.1, -0.05) is 29.3 Å². The molecular weight excluding hydrogens is 361 g/mol. The lowest BCUT2D eigenvalue weighted by atomic mass is 10.1. The minimum atomic E-state index is -0.0568. The molecule has 0 bridgehead atoms. The molecule has 2 aromatic rings. The van der Waals surface area contributed by atoms with Gasteiger partial charge in [-0.25, -0.2) is 0 Å².